The van der Waals surface area contributed by atoms with Crippen molar-refractivity contribution in [1.29, 1.82) is 0 Å². The van der Waals surface area contributed by atoms with Gasteiger partial charge in [-0.2, -0.15) is 0 Å². The molecular weight excluding hydrogens is 348 g/mol. The maximum atomic E-state index is 12.1. The van der Waals surface area contributed by atoms with Crippen LogP contribution in [0, 0.1) is 6.92 Å². The molecular formula is C21H24O6. The monoisotopic (exact) mass is 372 g/mol. The van der Waals surface area contributed by atoms with E-state index in [4.69, 9.17) is 0 Å². The topological polar surface area (TPSA) is 115 Å². The lowest BCUT2D eigenvalue weighted by Gasteiger charge is -2.20. The van der Waals surface area contributed by atoms with E-state index in [1.165, 1.54) is 0 Å². The van der Waals surface area contributed by atoms with Crippen LogP contribution < -0.4 is 0 Å². The Bertz CT molecular complexity index is 756. The van der Waals surface area contributed by atoms with E-state index in [-0.39, 0.29) is 12.8 Å². The van der Waals surface area contributed by atoms with E-state index >= 15 is 0 Å². The van der Waals surface area contributed by atoms with Crippen LogP contribution in [0.4, 0.5) is 0 Å². The predicted octanol–water partition coefficient (Wildman–Crippen LogP) is 0.362. The number of hydrogen-bond donors (Lipinski definition) is 4. The molecule has 2 rings (SSSR count). The summed E-state index contributed by atoms with van der Waals surface area (Å²) in [6, 6.07) is 15.8. The fraction of sp³-hybridized carbons (Fsp3) is 0.333. The van der Waals surface area contributed by atoms with Crippen LogP contribution in [0.3, 0.4) is 0 Å². The second-order valence-corrected chi connectivity index (χ2v) is 6.63. The van der Waals surface area contributed by atoms with Crippen molar-refractivity contribution in [1.82, 2.24) is 0 Å². The molecule has 0 heterocycles. The Morgan fingerprint density at radius 3 is 1.56 bits per heavy atom. The fourth-order valence-corrected chi connectivity index (χ4v) is 2.69. The van der Waals surface area contributed by atoms with Crippen molar-refractivity contribution in [3.63, 3.8) is 0 Å². The SMILES string of the molecule is Cc1ccc(CC(O)[C@H](O)C(=O)C(=O)[C@H](O)C(O)Cc2ccccc2)cc1. The highest BCUT2D eigenvalue weighted by Crippen LogP contribution is 2.12. The number of aliphatic hydroxyl groups is 4. The van der Waals surface area contributed by atoms with Gasteiger partial charge in [0.1, 0.15) is 12.2 Å². The molecule has 4 atom stereocenters. The lowest BCUT2D eigenvalue weighted by Crippen LogP contribution is -2.47. The standard InChI is InChI=1S/C21H24O6/c1-13-7-9-15(10-8-13)12-17(23)19(25)21(27)20(26)18(24)16(22)11-14-5-3-2-4-6-14/h2-10,16-19,22-25H,11-12H2,1H3/t16?,17?,18-,19+/m1/s1. The highest BCUT2D eigenvalue weighted by molar-refractivity contribution is 6.40. The maximum Gasteiger partial charge on any atom is 0.232 e. The van der Waals surface area contributed by atoms with Crippen molar-refractivity contribution in [2.45, 2.75) is 44.2 Å². The zero-order chi connectivity index (χ0) is 20.0. The van der Waals surface area contributed by atoms with E-state index < -0.39 is 36.0 Å². The highest BCUT2D eigenvalue weighted by Gasteiger charge is 2.36. The Morgan fingerprint density at radius 2 is 1.11 bits per heavy atom. The number of rotatable bonds is 9. The fourth-order valence-electron chi connectivity index (χ4n) is 2.69. The molecule has 27 heavy (non-hydrogen) atoms. The lowest BCUT2D eigenvalue weighted by molar-refractivity contribution is -0.152. The molecule has 6 heteroatoms. The third-order valence-electron chi connectivity index (χ3n) is 4.36. The van der Waals surface area contributed by atoms with Crippen molar-refractivity contribution in [2.24, 2.45) is 0 Å². The second-order valence-electron chi connectivity index (χ2n) is 6.63. The van der Waals surface area contributed by atoms with Crippen LogP contribution in [0.15, 0.2) is 54.6 Å². The second kappa shape index (κ2) is 9.53. The molecule has 2 unspecified atom stereocenters. The van der Waals surface area contributed by atoms with Crippen LogP contribution in [0.1, 0.15) is 16.7 Å². The summed E-state index contributed by atoms with van der Waals surface area (Å²) in [6.07, 6.45) is -6.99. The molecule has 0 saturated carbocycles. The van der Waals surface area contributed by atoms with Gasteiger partial charge in [-0.25, -0.2) is 0 Å². The van der Waals surface area contributed by atoms with Gasteiger partial charge in [0.15, 0.2) is 0 Å². The van der Waals surface area contributed by atoms with Crippen LogP contribution in [0.2, 0.25) is 0 Å². The van der Waals surface area contributed by atoms with Crippen LogP contribution in [0.5, 0.6) is 0 Å². The van der Waals surface area contributed by atoms with Gasteiger partial charge in [-0.15, -0.1) is 0 Å². The van der Waals surface area contributed by atoms with Gasteiger partial charge < -0.3 is 20.4 Å². The molecule has 2 aromatic carbocycles. The first kappa shape index (κ1) is 20.9. The average Bonchev–Trinajstić information content (AvgIpc) is 2.68. The molecule has 0 aromatic heterocycles. The van der Waals surface area contributed by atoms with Gasteiger partial charge in [-0.3, -0.25) is 9.59 Å². The minimum Gasteiger partial charge on any atom is -0.390 e. The average molecular weight is 372 g/mol. The Labute approximate surface area is 157 Å². The summed E-state index contributed by atoms with van der Waals surface area (Å²) in [6.45, 7) is 1.90. The number of hydrogen-bond acceptors (Lipinski definition) is 6. The van der Waals surface area contributed by atoms with E-state index in [0.717, 1.165) is 5.56 Å². The molecule has 2 aromatic rings. The third kappa shape index (κ3) is 5.80. The number of benzene rings is 2. The highest BCUT2D eigenvalue weighted by atomic mass is 16.3. The van der Waals surface area contributed by atoms with Crippen LogP contribution in [-0.2, 0) is 22.4 Å². The molecule has 0 radical (unpaired) electrons. The van der Waals surface area contributed by atoms with E-state index in [1.807, 2.05) is 19.1 Å². The van der Waals surface area contributed by atoms with Gasteiger partial charge >= 0.3 is 0 Å². The Balaban J connectivity index is 1.95. The van der Waals surface area contributed by atoms with Gasteiger partial charge in [0, 0.05) is 12.8 Å². The number of carbonyl (C=O) groups excluding carboxylic acids is 2. The maximum absolute atomic E-state index is 12.1. The number of Topliss-reactive ketones (excluding diaryl/α,β-unsaturated/α-hetero) is 2. The summed E-state index contributed by atoms with van der Waals surface area (Å²) >= 11 is 0. The zero-order valence-corrected chi connectivity index (χ0v) is 15.0. The quantitative estimate of drug-likeness (QED) is 0.473. The number of aliphatic hydroxyl groups excluding tert-OH is 4. The molecule has 144 valence electrons. The molecule has 4 N–H and O–H groups in total. The van der Waals surface area contributed by atoms with E-state index in [9.17, 15) is 30.0 Å². The molecule has 0 aliphatic rings. The largest absolute Gasteiger partial charge is 0.390 e. The molecule has 0 aliphatic carbocycles. The summed E-state index contributed by atoms with van der Waals surface area (Å²) in [5.74, 6) is -2.65. The first-order chi connectivity index (χ1) is 12.8. The molecule has 0 fully saturated rings. The molecule has 0 bridgehead atoms. The Kier molecular flexibility index (Phi) is 7.38. The predicted molar refractivity (Wildman–Crippen MR) is 99.1 cm³/mol. The van der Waals surface area contributed by atoms with Crippen LogP contribution >= 0.6 is 0 Å². The number of carbonyl (C=O) groups is 2. The van der Waals surface area contributed by atoms with Gasteiger partial charge in [0.05, 0.1) is 12.2 Å². The summed E-state index contributed by atoms with van der Waals surface area (Å²) in [5, 5.41) is 40.0. The van der Waals surface area contributed by atoms with Crippen molar-refractivity contribution in [3.05, 3.63) is 71.3 Å². The molecule has 6 nitrogen and oxygen atoms in total. The van der Waals surface area contributed by atoms with Gasteiger partial charge in [-0.1, -0.05) is 60.2 Å². The number of aryl methyl sites for hydroxylation is 1. The zero-order valence-electron chi connectivity index (χ0n) is 15.0. The van der Waals surface area contributed by atoms with Crippen molar-refractivity contribution < 1.29 is 30.0 Å². The number of ketones is 2. The van der Waals surface area contributed by atoms with E-state index in [0.29, 0.717) is 11.1 Å². The first-order valence-electron chi connectivity index (χ1n) is 8.69. The van der Waals surface area contributed by atoms with Gasteiger partial charge in [0.2, 0.25) is 11.6 Å². The van der Waals surface area contributed by atoms with Crippen LogP contribution in [0.25, 0.3) is 0 Å². The molecule has 0 saturated heterocycles. The lowest BCUT2D eigenvalue weighted by atomic mass is 9.94. The summed E-state index contributed by atoms with van der Waals surface area (Å²) in [5.41, 5.74) is 2.40. The molecule has 0 spiro atoms. The normalized spacial score (nSPS) is 15.6. The smallest absolute Gasteiger partial charge is 0.232 e. The first-order valence-corrected chi connectivity index (χ1v) is 8.69. The minimum absolute atomic E-state index is 0.0247. The van der Waals surface area contributed by atoms with Crippen molar-refractivity contribution in [2.75, 3.05) is 0 Å². The Morgan fingerprint density at radius 1 is 0.704 bits per heavy atom. The summed E-state index contributed by atoms with van der Waals surface area (Å²) in [4.78, 5) is 24.2. The minimum atomic E-state index is -1.97. The Hall–Kier alpha value is -2.38. The third-order valence-corrected chi connectivity index (χ3v) is 4.36. The van der Waals surface area contributed by atoms with Gasteiger partial charge in [-0.05, 0) is 18.1 Å². The van der Waals surface area contributed by atoms with E-state index in [2.05, 4.69) is 0 Å². The van der Waals surface area contributed by atoms with Gasteiger partial charge in [0.25, 0.3) is 0 Å². The summed E-state index contributed by atoms with van der Waals surface area (Å²) < 4.78 is 0. The van der Waals surface area contributed by atoms with Crippen LogP contribution in [-0.4, -0.2) is 56.4 Å². The van der Waals surface area contributed by atoms with E-state index in [1.54, 1.807) is 42.5 Å². The van der Waals surface area contributed by atoms with Crippen molar-refractivity contribution >= 4 is 11.6 Å². The summed E-state index contributed by atoms with van der Waals surface area (Å²) in [7, 11) is 0. The van der Waals surface area contributed by atoms with Crippen molar-refractivity contribution in [3.8, 4) is 0 Å². The molecule has 0 aliphatic heterocycles. The molecule has 0 amide bonds.